The Morgan fingerprint density at radius 1 is 1.57 bits per heavy atom. The largest absolute Gasteiger partial charge is 0.393 e. The molecule has 0 unspecified atom stereocenters. The molecule has 7 nitrogen and oxygen atoms in total. The molecule has 2 rings (SSSR count). The molecule has 0 spiro atoms. The van der Waals surface area contributed by atoms with Gasteiger partial charge in [0.15, 0.2) is 5.16 Å². The van der Waals surface area contributed by atoms with E-state index < -0.39 is 0 Å². The number of piperidine rings is 1. The number of hydrogen-bond acceptors (Lipinski definition) is 6. The van der Waals surface area contributed by atoms with Crippen molar-refractivity contribution in [1.29, 1.82) is 0 Å². The van der Waals surface area contributed by atoms with Crippen LogP contribution in [0.5, 0.6) is 0 Å². The van der Waals surface area contributed by atoms with Crippen molar-refractivity contribution in [1.82, 2.24) is 20.2 Å². The second kappa shape index (κ2) is 8.47. The van der Waals surface area contributed by atoms with E-state index in [1.54, 1.807) is 13.8 Å². The maximum Gasteiger partial charge on any atom is 0.251 e. The number of thioether (sulfide) groups is 1. The molecule has 1 saturated heterocycles. The summed E-state index contributed by atoms with van der Waals surface area (Å²) in [6.45, 7) is 6.65. The van der Waals surface area contributed by atoms with Gasteiger partial charge in [0.05, 0.1) is 11.4 Å². The number of H-pyrrole nitrogens is 1. The van der Waals surface area contributed by atoms with Gasteiger partial charge in [-0.1, -0.05) is 11.8 Å². The molecule has 0 saturated carbocycles. The number of carbonyl (C=O) groups excluding carboxylic acids is 1. The molecular formula is C15H24N4O3S. The molecule has 0 bridgehead atoms. The Hall–Kier alpha value is -1.38. The molecular weight excluding hydrogens is 316 g/mol. The number of likely N-dealkylation sites (tertiary alicyclic amines) is 1. The van der Waals surface area contributed by atoms with Gasteiger partial charge in [-0.15, -0.1) is 0 Å². The Balaban J connectivity index is 1.73. The number of hydrogen-bond donors (Lipinski definition) is 3. The van der Waals surface area contributed by atoms with Crippen LogP contribution in [-0.4, -0.2) is 63.4 Å². The molecule has 0 radical (unpaired) electrons. The van der Waals surface area contributed by atoms with E-state index in [0.29, 0.717) is 17.4 Å². The first-order valence-electron chi connectivity index (χ1n) is 7.87. The van der Waals surface area contributed by atoms with Crippen molar-refractivity contribution in [3.8, 4) is 0 Å². The standard InChI is InChI=1S/C15H24N4O3S/c1-10-9-13(21)18-15(17-10)23-11(2)14(22)16-5-8-19-6-3-12(20)4-7-19/h9,11-12,20H,3-8H2,1-2H3,(H,16,22)(H,17,18,21)/t11-/m1/s1. The molecule has 23 heavy (non-hydrogen) atoms. The zero-order chi connectivity index (χ0) is 16.8. The van der Waals surface area contributed by atoms with Gasteiger partial charge in [-0.05, 0) is 26.7 Å². The molecule has 0 aromatic carbocycles. The summed E-state index contributed by atoms with van der Waals surface area (Å²) in [6, 6.07) is 1.42. The van der Waals surface area contributed by atoms with Crippen LogP contribution in [0.25, 0.3) is 0 Å². The number of nitrogens with one attached hydrogen (secondary N) is 2. The first kappa shape index (κ1) is 18.0. The zero-order valence-corrected chi connectivity index (χ0v) is 14.4. The lowest BCUT2D eigenvalue weighted by Gasteiger charge is -2.29. The molecule has 8 heteroatoms. The van der Waals surface area contributed by atoms with E-state index in [-0.39, 0.29) is 22.8 Å². The maximum atomic E-state index is 12.1. The summed E-state index contributed by atoms with van der Waals surface area (Å²) in [5.74, 6) is -0.0730. The van der Waals surface area contributed by atoms with E-state index in [4.69, 9.17) is 0 Å². The van der Waals surface area contributed by atoms with E-state index in [0.717, 1.165) is 32.5 Å². The highest BCUT2D eigenvalue weighted by Crippen LogP contribution is 2.18. The van der Waals surface area contributed by atoms with Gasteiger partial charge < -0.3 is 20.3 Å². The Bertz CT molecular complexity index is 584. The minimum atomic E-state index is -0.330. The molecule has 3 N–H and O–H groups in total. The van der Waals surface area contributed by atoms with E-state index in [1.807, 2.05) is 0 Å². The summed E-state index contributed by atoms with van der Waals surface area (Å²) < 4.78 is 0. The Labute approximate surface area is 139 Å². The van der Waals surface area contributed by atoms with Crippen molar-refractivity contribution in [2.45, 2.75) is 43.2 Å². The fourth-order valence-corrected chi connectivity index (χ4v) is 3.33. The van der Waals surface area contributed by atoms with E-state index in [2.05, 4.69) is 20.2 Å². The molecule has 128 valence electrons. The number of carbonyl (C=O) groups is 1. The third-order valence-corrected chi connectivity index (χ3v) is 4.77. The third-order valence-electron chi connectivity index (χ3n) is 3.79. The predicted octanol–water partition coefficient (Wildman–Crippen LogP) is 0.132. The van der Waals surface area contributed by atoms with Crippen LogP contribution >= 0.6 is 11.8 Å². The molecule has 1 aliphatic heterocycles. The number of rotatable bonds is 6. The second-order valence-corrected chi connectivity index (χ2v) is 7.15. The number of aromatic nitrogens is 2. The molecule has 1 aliphatic rings. The van der Waals surface area contributed by atoms with Gasteiger partial charge in [-0.3, -0.25) is 9.59 Å². The quantitative estimate of drug-likeness (QED) is 0.503. The van der Waals surface area contributed by atoms with Crippen molar-refractivity contribution in [2.75, 3.05) is 26.2 Å². The highest BCUT2D eigenvalue weighted by atomic mass is 32.2. The van der Waals surface area contributed by atoms with Crippen LogP contribution in [0.3, 0.4) is 0 Å². The minimum Gasteiger partial charge on any atom is -0.393 e. The monoisotopic (exact) mass is 340 g/mol. The van der Waals surface area contributed by atoms with Crippen LogP contribution in [-0.2, 0) is 4.79 Å². The molecule has 0 aliphatic carbocycles. The average Bonchev–Trinajstić information content (AvgIpc) is 2.48. The fourth-order valence-electron chi connectivity index (χ4n) is 2.45. The average molecular weight is 340 g/mol. The molecule has 1 amide bonds. The lowest BCUT2D eigenvalue weighted by Crippen LogP contribution is -2.42. The van der Waals surface area contributed by atoms with E-state index >= 15 is 0 Å². The van der Waals surface area contributed by atoms with Crippen molar-refractivity contribution in [3.05, 3.63) is 22.1 Å². The number of amides is 1. The van der Waals surface area contributed by atoms with Gasteiger partial charge in [0.1, 0.15) is 0 Å². The van der Waals surface area contributed by atoms with Crippen LogP contribution in [0.2, 0.25) is 0 Å². The molecule has 1 fully saturated rings. The van der Waals surface area contributed by atoms with Gasteiger partial charge in [-0.25, -0.2) is 4.98 Å². The molecule has 1 atom stereocenters. The zero-order valence-electron chi connectivity index (χ0n) is 13.5. The highest BCUT2D eigenvalue weighted by molar-refractivity contribution is 8.00. The van der Waals surface area contributed by atoms with Crippen LogP contribution in [0.15, 0.2) is 16.0 Å². The number of aliphatic hydroxyl groups excluding tert-OH is 1. The van der Waals surface area contributed by atoms with Crippen LogP contribution in [0.4, 0.5) is 0 Å². The van der Waals surface area contributed by atoms with Crippen LogP contribution < -0.4 is 10.9 Å². The van der Waals surface area contributed by atoms with Crippen molar-refractivity contribution in [2.24, 2.45) is 0 Å². The summed E-state index contributed by atoms with van der Waals surface area (Å²) in [7, 11) is 0. The molecule has 1 aromatic heterocycles. The first-order valence-corrected chi connectivity index (χ1v) is 8.75. The highest BCUT2D eigenvalue weighted by Gasteiger charge is 2.18. The Morgan fingerprint density at radius 3 is 2.91 bits per heavy atom. The smallest absolute Gasteiger partial charge is 0.251 e. The topological polar surface area (TPSA) is 98.3 Å². The SMILES string of the molecule is Cc1cc(=O)[nH]c(S[C@H](C)C(=O)NCCN2CCC(O)CC2)n1. The molecule has 1 aromatic rings. The molecule has 2 heterocycles. The summed E-state index contributed by atoms with van der Waals surface area (Å²) in [6.07, 6.45) is 1.42. The van der Waals surface area contributed by atoms with Crippen LogP contribution in [0, 0.1) is 6.92 Å². The summed E-state index contributed by atoms with van der Waals surface area (Å²) >= 11 is 1.24. The lowest BCUT2D eigenvalue weighted by atomic mass is 10.1. The lowest BCUT2D eigenvalue weighted by molar-refractivity contribution is -0.120. The first-order chi connectivity index (χ1) is 10.9. The Kier molecular flexibility index (Phi) is 6.61. The summed E-state index contributed by atoms with van der Waals surface area (Å²) in [5.41, 5.74) is 0.427. The van der Waals surface area contributed by atoms with Crippen molar-refractivity contribution in [3.63, 3.8) is 0 Å². The van der Waals surface area contributed by atoms with Crippen LogP contribution in [0.1, 0.15) is 25.5 Å². The fraction of sp³-hybridized carbons (Fsp3) is 0.667. The number of aromatic amines is 1. The minimum absolute atomic E-state index is 0.0730. The van der Waals surface area contributed by atoms with Gasteiger partial charge in [0, 0.05) is 37.9 Å². The number of aliphatic hydroxyl groups is 1. The summed E-state index contributed by atoms with van der Waals surface area (Å²) in [5, 5.41) is 12.5. The van der Waals surface area contributed by atoms with E-state index in [1.165, 1.54) is 17.8 Å². The van der Waals surface area contributed by atoms with Gasteiger partial charge in [0.25, 0.3) is 5.56 Å². The van der Waals surface area contributed by atoms with Gasteiger partial charge in [-0.2, -0.15) is 0 Å². The van der Waals surface area contributed by atoms with Gasteiger partial charge in [0.2, 0.25) is 5.91 Å². The van der Waals surface area contributed by atoms with Crippen molar-refractivity contribution < 1.29 is 9.90 Å². The summed E-state index contributed by atoms with van der Waals surface area (Å²) in [4.78, 5) is 32.6. The van der Waals surface area contributed by atoms with E-state index in [9.17, 15) is 14.7 Å². The van der Waals surface area contributed by atoms with Crippen molar-refractivity contribution >= 4 is 17.7 Å². The Morgan fingerprint density at radius 2 is 2.26 bits per heavy atom. The normalized spacial score (nSPS) is 17.9. The third kappa shape index (κ3) is 5.96. The predicted molar refractivity (Wildman–Crippen MR) is 89.6 cm³/mol. The van der Waals surface area contributed by atoms with Gasteiger partial charge >= 0.3 is 0 Å². The number of aryl methyl sites for hydroxylation is 1. The maximum absolute atomic E-state index is 12.1. The number of nitrogens with zero attached hydrogens (tertiary/aromatic N) is 2. The second-order valence-electron chi connectivity index (χ2n) is 5.82.